The van der Waals surface area contributed by atoms with Crippen LogP contribution >= 0.6 is 0 Å². The summed E-state index contributed by atoms with van der Waals surface area (Å²) in [6, 6.07) is 28.1. The molecule has 0 aliphatic heterocycles. The van der Waals surface area contributed by atoms with Crippen molar-refractivity contribution in [2.45, 2.75) is 53.1 Å². The second-order valence-corrected chi connectivity index (χ2v) is 9.79. The lowest BCUT2D eigenvalue weighted by atomic mass is 10.1. The van der Waals surface area contributed by atoms with Gasteiger partial charge in [-0.1, -0.05) is 105 Å². The molecule has 2 heterocycles. The number of benzene rings is 3. The summed E-state index contributed by atoms with van der Waals surface area (Å²) in [5.41, 5.74) is 5.93. The molecule has 0 spiro atoms. The molecule has 0 fully saturated rings. The van der Waals surface area contributed by atoms with Crippen LogP contribution in [0.3, 0.4) is 0 Å². The Hall–Kier alpha value is -4.98. The number of rotatable bonds is 7. The molecule has 2 N–H and O–H groups in total. The summed E-state index contributed by atoms with van der Waals surface area (Å²) in [5.74, 6) is 0.752. The van der Waals surface area contributed by atoms with Gasteiger partial charge in [0, 0.05) is 25.6 Å². The summed E-state index contributed by atoms with van der Waals surface area (Å²) in [4.78, 5) is 24.6. The van der Waals surface area contributed by atoms with Crippen LogP contribution in [0.1, 0.15) is 54.4 Å². The van der Waals surface area contributed by atoms with E-state index in [-0.39, 0.29) is 12.1 Å². The third kappa shape index (κ3) is 11.4. The van der Waals surface area contributed by atoms with Crippen LogP contribution < -0.4 is 10.6 Å². The fraction of sp³-hybridized carbons (Fsp3) is 0.257. The fourth-order valence-electron chi connectivity index (χ4n) is 4.07. The molecule has 2 amide bonds. The van der Waals surface area contributed by atoms with Crippen molar-refractivity contribution in [3.63, 3.8) is 0 Å². The third-order valence-corrected chi connectivity index (χ3v) is 6.31. The normalized spacial score (nSPS) is 10.4. The standard InChI is InChI=1S/C23H24N6O.C8H10.C3H8.CH2O/c1-24-23(30)27-21(14-18-8-4-2-5-9-18)22-25-12-13-29(22)20-15-26-28(17-20)16-19-10-6-3-7-11-19;1-7-5-3-4-6-8(7)2;1-3-2;1-2/h2-13,15,17,21H,14,16H2,1H3,(H2,24,27,30);3-6H,1-2H3;3H2,1-2H3;1H2. The van der Waals surface area contributed by atoms with E-state index in [0.29, 0.717) is 13.0 Å². The Kier molecular flexibility index (Phi) is 15.3. The molecule has 0 radical (unpaired) electrons. The maximum Gasteiger partial charge on any atom is 0.315 e. The highest BCUT2D eigenvalue weighted by molar-refractivity contribution is 5.74. The molecule has 5 aromatic rings. The van der Waals surface area contributed by atoms with Gasteiger partial charge >= 0.3 is 6.03 Å². The van der Waals surface area contributed by atoms with E-state index in [9.17, 15) is 4.79 Å². The lowest BCUT2D eigenvalue weighted by Gasteiger charge is -2.19. The topological polar surface area (TPSA) is 93.8 Å². The summed E-state index contributed by atoms with van der Waals surface area (Å²) in [7, 11) is 1.61. The average Bonchev–Trinajstić information content (AvgIpc) is 3.71. The number of carbonyl (C=O) groups excluding carboxylic acids is 2. The minimum Gasteiger partial charge on any atom is -0.341 e. The van der Waals surface area contributed by atoms with E-state index in [1.54, 1.807) is 13.2 Å². The van der Waals surface area contributed by atoms with Crippen molar-refractivity contribution < 1.29 is 9.59 Å². The predicted octanol–water partition coefficient (Wildman–Crippen LogP) is 6.86. The number of nitrogens with one attached hydrogen (secondary N) is 2. The van der Waals surface area contributed by atoms with Crippen LogP contribution in [-0.2, 0) is 17.8 Å². The monoisotopic (exact) mass is 580 g/mol. The van der Waals surface area contributed by atoms with Gasteiger partial charge in [0.05, 0.1) is 24.5 Å². The summed E-state index contributed by atoms with van der Waals surface area (Å²) in [5, 5.41) is 10.1. The number of carbonyl (C=O) groups is 2. The Morgan fingerprint density at radius 1 is 0.860 bits per heavy atom. The number of imidazole rings is 1. The summed E-state index contributed by atoms with van der Waals surface area (Å²) in [6.07, 6.45) is 9.31. The number of aromatic nitrogens is 4. The Morgan fingerprint density at radius 2 is 1.40 bits per heavy atom. The molecule has 5 rings (SSSR count). The van der Waals surface area contributed by atoms with Crippen molar-refractivity contribution in [2.75, 3.05) is 7.05 Å². The highest BCUT2D eigenvalue weighted by Gasteiger charge is 2.21. The van der Waals surface area contributed by atoms with E-state index >= 15 is 0 Å². The molecule has 0 saturated heterocycles. The maximum absolute atomic E-state index is 12.1. The van der Waals surface area contributed by atoms with E-state index in [4.69, 9.17) is 4.79 Å². The van der Waals surface area contributed by atoms with Gasteiger partial charge < -0.3 is 15.4 Å². The first-order valence-electron chi connectivity index (χ1n) is 14.4. The zero-order valence-electron chi connectivity index (χ0n) is 25.9. The molecule has 0 saturated carbocycles. The number of nitrogens with zero attached hydrogens (tertiary/aromatic N) is 4. The number of hydrogen-bond donors (Lipinski definition) is 2. The van der Waals surface area contributed by atoms with Gasteiger partial charge in [0.1, 0.15) is 12.6 Å². The van der Waals surface area contributed by atoms with Gasteiger partial charge in [-0.05, 0) is 42.5 Å². The molecule has 1 atom stereocenters. The van der Waals surface area contributed by atoms with Crippen molar-refractivity contribution in [2.24, 2.45) is 0 Å². The molecule has 3 aromatic carbocycles. The molecule has 8 heteroatoms. The quantitative estimate of drug-likeness (QED) is 0.220. The molecular weight excluding hydrogens is 536 g/mol. The number of aryl methyl sites for hydroxylation is 2. The fourth-order valence-corrected chi connectivity index (χ4v) is 4.07. The van der Waals surface area contributed by atoms with Crippen LogP contribution in [0.2, 0.25) is 0 Å². The molecule has 226 valence electrons. The van der Waals surface area contributed by atoms with Gasteiger partial charge in [-0.2, -0.15) is 5.10 Å². The Morgan fingerprint density at radius 3 is 1.93 bits per heavy atom. The number of urea groups is 1. The van der Waals surface area contributed by atoms with Crippen molar-refractivity contribution in [3.8, 4) is 5.69 Å². The molecule has 0 aliphatic rings. The highest BCUT2D eigenvalue weighted by Crippen LogP contribution is 2.21. The Labute approximate surface area is 255 Å². The number of amides is 2. The first kappa shape index (κ1) is 34.2. The van der Waals surface area contributed by atoms with Crippen LogP contribution in [0.25, 0.3) is 5.69 Å². The van der Waals surface area contributed by atoms with E-state index in [1.807, 2.05) is 83.2 Å². The maximum atomic E-state index is 12.1. The van der Waals surface area contributed by atoms with Crippen molar-refractivity contribution >= 4 is 12.8 Å². The Balaban J connectivity index is 0.000000417. The van der Waals surface area contributed by atoms with E-state index in [0.717, 1.165) is 17.1 Å². The minimum absolute atomic E-state index is 0.245. The average molecular weight is 581 g/mol. The van der Waals surface area contributed by atoms with Crippen LogP contribution in [-0.4, -0.2) is 39.2 Å². The second-order valence-electron chi connectivity index (χ2n) is 9.79. The largest absolute Gasteiger partial charge is 0.341 e. The summed E-state index contributed by atoms with van der Waals surface area (Å²) in [6.45, 7) is 11.2. The molecule has 8 nitrogen and oxygen atoms in total. The zero-order chi connectivity index (χ0) is 31.5. The smallest absolute Gasteiger partial charge is 0.315 e. The van der Waals surface area contributed by atoms with Crippen LogP contribution in [0.5, 0.6) is 0 Å². The zero-order valence-corrected chi connectivity index (χ0v) is 25.9. The number of hydrogen-bond acceptors (Lipinski definition) is 4. The summed E-state index contributed by atoms with van der Waals surface area (Å²) >= 11 is 0. The minimum atomic E-state index is -0.292. The lowest BCUT2D eigenvalue weighted by Crippen LogP contribution is -2.37. The third-order valence-electron chi connectivity index (χ3n) is 6.31. The molecule has 1 unspecified atom stereocenters. The Bertz CT molecular complexity index is 1440. The van der Waals surface area contributed by atoms with Crippen LogP contribution in [0, 0.1) is 13.8 Å². The van der Waals surface area contributed by atoms with Crippen molar-refractivity contribution in [1.29, 1.82) is 0 Å². The van der Waals surface area contributed by atoms with Crippen LogP contribution in [0.15, 0.2) is 110 Å². The summed E-state index contributed by atoms with van der Waals surface area (Å²) < 4.78 is 3.87. The van der Waals surface area contributed by atoms with Gasteiger partial charge in [0.15, 0.2) is 0 Å². The molecule has 43 heavy (non-hydrogen) atoms. The van der Waals surface area contributed by atoms with Gasteiger partial charge in [-0.3, -0.25) is 9.25 Å². The van der Waals surface area contributed by atoms with Gasteiger partial charge in [0.2, 0.25) is 0 Å². The highest BCUT2D eigenvalue weighted by atomic mass is 16.2. The van der Waals surface area contributed by atoms with E-state index in [1.165, 1.54) is 23.1 Å². The van der Waals surface area contributed by atoms with Gasteiger partial charge in [-0.25, -0.2) is 9.78 Å². The molecule has 2 aromatic heterocycles. The SMILES string of the molecule is C=O.CCC.CNC(=O)NC(Cc1ccccc1)c1nccn1-c1cnn(Cc2ccccc2)c1.Cc1ccccc1C. The van der Waals surface area contributed by atoms with Gasteiger partial charge in [-0.15, -0.1) is 0 Å². The van der Waals surface area contributed by atoms with E-state index in [2.05, 4.69) is 84.8 Å². The van der Waals surface area contributed by atoms with Crippen molar-refractivity contribution in [3.05, 3.63) is 138 Å². The first-order chi connectivity index (χ1) is 20.9. The lowest BCUT2D eigenvalue weighted by molar-refractivity contribution is -0.0980. The van der Waals surface area contributed by atoms with Crippen molar-refractivity contribution in [1.82, 2.24) is 30.0 Å². The van der Waals surface area contributed by atoms with Crippen LogP contribution in [0.4, 0.5) is 4.79 Å². The molecule has 0 aliphatic carbocycles. The second kappa shape index (κ2) is 19.2. The molecular formula is C35H44N6O2. The van der Waals surface area contributed by atoms with E-state index < -0.39 is 0 Å². The molecule has 0 bridgehead atoms. The van der Waals surface area contributed by atoms with Gasteiger partial charge in [0.25, 0.3) is 0 Å². The first-order valence-corrected chi connectivity index (χ1v) is 14.4. The predicted molar refractivity (Wildman–Crippen MR) is 174 cm³/mol.